The first-order valence-electron chi connectivity index (χ1n) is 12.2. The van der Waals surface area contributed by atoms with Gasteiger partial charge in [0.2, 0.25) is 0 Å². The number of halogens is 1. The van der Waals surface area contributed by atoms with Crippen LogP contribution in [0.2, 0.25) is 0 Å². The number of amides is 2. The minimum atomic E-state index is -0.516. The molecule has 2 atom stereocenters. The number of ether oxygens (including phenoxy) is 1. The molecule has 1 fully saturated rings. The minimum Gasteiger partial charge on any atom is -0.497 e. The normalized spacial score (nSPS) is 20.4. The van der Waals surface area contributed by atoms with E-state index in [0.717, 1.165) is 30.0 Å². The largest absolute Gasteiger partial charge is 0.497 e. The van der Waals surface area contributed by atoms with Gasteiger partial charge in [-0.05, 0) is 67.4 Å². The fraction of sp³-hybridized carbons (Fsp3) is 0.241. The number of imide groups is 1. The van der Waals surface area contributed by atoms with Crippen LogP contribution in [0.4, 0.5) is 15.8 Å². The van der Waals surface area contributed by atoms with Gasteiger partial charge < -0.3 is 20.3 Å². The maximum atomic E-state index is 15.1. The van der Waals surface area contributed by atoms with Crippen LogP contribution in [0, 0.1) is 5.82 Å². The summed E-state index contributed by atoms with van der Waals surface area (Å²) in [5.41, 5.74) is 4.02. The standard InChI is InChI=1S/C29H29FN4O3/c1-17-15-34(16-18(2)32-17)27-11-7-21(13-26(27)30)31-14-25-24-12-20(19-4-8-22(37-3)9-5-19)6-10-23(24)28(35)33-29(25)36/h4-14,17-18,31-32H,15-16H2,1-3H3,(H,33,35,36)/b25-14-/t17-,18+. The van der Waals surface area contributed by atoms with E-state index in [1.807, 2.05) is 41.3 Å². The SMILES string of the molecule is COc1ccc(-c2ccc3c(c2)/C(=C/Nc2ccc(N4C[C@@H](C)N[C@@H](C)C4)c(F)c2)C(=O)NC3=O)cc1. The molecule has 190 valence electrons. The maximum absolute atomic E-state index is 15.1. The summed E-state index contributed by atoms with van der Waals surface area (Å²) in [5.74, 6) is -0.568. The van der Waals surface area contributed by atoms with Gasteiger partial charge in [-0.2, -0.15) is 0 Å². The number of anilines is 2. The molecule has 8 heteroatoms. The van der Waals surface area contributed by atoms with Crippen molar-refractivity contribution in [3.63, 3.8) is 0 Å². The molecule has 2 aliphatic heterocycles. The van der Waals surface area contributed by atoms with Crippen LogP contribution < -0.4 is 25.6 Å². The Morgan fingerprint density at radius 3 is 2.30 bits per heavy atom. The zero-order valence-corrected chi connectivity index (χ0v) is 21.0. The molecule has 0 aliphatic carbocycles. The predicted octanol–water partition coefficient (Wildman–Crippen LogP) is 4.41. The van der Waals surface area contributed by atoms with Crippen molar-refractivity contribution in [2.45, 2.75) is 25.9 Å². The summed E-state index contributed by atoms with van der Waals surface area (Å²) in [4.78, 5) is 27.3. The first-order chi connectivity index (χ1) is 17.8. The van der Waals surface area contributed by atoms with Crippen molar-refractivity contribution >= 4 is 28.8 Å². The summed E-state index contributed by atoms with van der Waals surface area (Å²) in [6.07, 6.45) is 1.52. The van der Waals surface area contributed by atoms with Gasteiger partial charge in [0.15, 0.2) is 0 Å². The third kappa shape index (κ3) is 5.06. The van der Waals surface area contributed by atoms with E-state index >= 15 is 4.39 Å². The van der Waals surface area contributed by atoms with E-state index in [0.29, 0.717) is 28.1 Å². The molecule has 3 N–H and O–H groups in total. The van der Waals surface area contributed by atoms with Crippen LogP contribution in [0.25, 0.3) is 16.7 Å². The van der Waals surface area contributed by atoms with Gasteiger partial charge in [0.25, 0.3) is 11.8 Å². The topological polar surface area (TPSA) is 82.7 Å². The Bertz CT molecular complexity index is 1380. The first-order valence-corrected chi connectivity index (χ1v) is 12.2. The summed E-state index contributed by atoms with van der Waals surface area (Å²) >= 11 is 0. The molecule has 0 spiro atoms. The van der Waals surface area contributed by atoms with E-state index in [-0.39, 0.29) is 17.9 Å². The fourth-order valence-electron chi connectivity index (χ4n) is 4.96. The van der Waals surface area contributed by atoms with Crippen LogP contribution in [0.15, 0.2) is 66.9 Å². The number of methoxy groups -OCH3 is 1. The number of hydrogen-bond donors (Lipinski definition) is 3. The van der Waals surface area contributed by atoms with Crippen LogP contribution in [0.5, 0.6) is 5.75 Å². The van der Waals surface area contributed by atoms with Crippen molar-refractivity contribution < 1.29 is 18.7 Å². The van der Waals surface area contributed by atoms with Crippen molar-refractivity contribution in [3.8, 4) is 16.9 Å². The summed E-state index contributed by atoms with van der Waals surface area (Å²) in [6.45, 7) is 5.61. The molecular weight excluding hydrogens is 471 g/mol. The van der Waals surface area contributed by atoms with Crippen LogP contribution >= 0.6 is 0 Å². The molecule has 0 aromatic heterocycles. The highest BCUT2D eigenvalue weighted by Gasteiger charge is 2.28. The van der Waals surface area contributed by atoms with E-state index in [1.54, 1.807) is 25.3 Å². The van der Waals surface area contributed by atoms with Crippen molar-refractivity contribution in [2.24, 2.45) is 0 Å². The Balaban J connectivity index is 1.42. The second kappa shape index (κ2) is 10.1. The molecule has 0 unspecified atom stereocenters. The number of nitrogens with one attached hydrogen (secondary N) is 3. The van der Waals surface area contributed by atoms with E-state index in [1.165, 1.54) is 12.3 Å². The summed E-state index contributed by atoms with van der Waals surface area (Å²) in [6, 6.07) is 18.4. The first kappa shape index (κ1) is 24.5. The van der Waals surface area contributed by atoms with Gasteiger partial charge in [-0.1, -0.05) is 18.2 Å². The lowest BCUT2D eigenvalue weighted by Crippen LogP contribution is -2.54. The Labute approximate surface area is 215 Å². The molecule has 2 amide bonds. The van der Waals surface area contributed by atoms with Gasteiger partial charge in [0.05, 0.1) is 18.4 Å². The smallest absolute Gasteiger partial charge is 0.260 e. The second-order valence-electron chi connectivity index (χ2n) is 9.51. The van der Waals surface area contributed by atoms with Crippen molar-refractivity contribution in [1.82, 2.24) is 10.6 Å². The molecule has 7 nitrogen and oxygen atoms in total. The molecule has 3 aromatic carbocycles. The van der Waals surface area contributed by atoms with Gasteiger partial charge in [-0.15, -0.1) is 0 Å². The highest BCUT2D eigenvalue weighted by molar-refractivity contribution is 6.31. The van der Waals surface area contributed by atoms with Gasteiger partial charge in [0, 0.05) is 48.2 Å². The average molecular weight is 501 g/mol. The quantitative estimate of drug-likeness (QED) is 0.356. The number of piperazine rings is 1. The van der Waals surface area contributed by atoms with Gasteiger partial charge >= 0.3 is 0 Å². The van der Waals surface area contributed by atoms with E-state index in [2.05, 4.69) is 29.8 Å². The predicted molar refractivity (Wildman–Crippen MR) is 143 cm³/mol. The number of carbonyl (C=O) groups excluding carboxylic acids is 2. The van der Waals surface area contributed by atoms with E-state index in [9.17, 15) is 9.59 Å². The molecule has 5 rings (SSSR count). The molecule has 37 heavy (non-hydrogen) atoms. The lowest BCUT2D eigenvalue weighted by Gasteiger charge is -2.37. The van der Waals surface area contributed by atoms with Crippen molar-refractivity contribution in [3.05, 3.63) is 83.8 Å². The van der Waals surface area contributed by atoms with E-state index in [4.69, 9.17) is 4.74 Å². The third-order valence-corrected chi connectivity index (χ3v) is 6.68. The second-order valence-corrected chi connectivity index (χ2v) is 9.51. The molecule has 2 aliphatic rings. The molecule has 0 bridgehead atoms. The minimum absolute atomic E-state index is 0.265. The lowest BCUT2D eigenvalue weighted by atomic mass is 9.91. The van der Waals surface area contributed by atoms with Crippen LogP contribution in [0.3, 0.4) is 0 Å². The van der Waals surface area contributed by atoms with Gasteiger partial charge in [-0.25, -0.2) is 4.39 Å². The number of hydrogen-bond acceptors (Lipinski definition) is 6. The van der Waals surface area contributed by atoms with Crippen LogP contribution in [0.1, 0.15) is 29.8 Å². The Kier molecular flexibility index (Phi) is 6.67. The molecule has 3 aromatic rings. The highest BCUT2D eigenvalue weighted by atomic mass is 19.1. The molecular formula is C29H29FN4O3. The molecule has 2 heterocycles. The number of nitrogens with zero attached hydrogens (tertiary/aromatic N) is 1. The summed E-state index contributed by atoms with van der Waals surface area (Å²) < 4.78 is 20.3. The Morgan fingerprint density at radius 2 is 1.62 bits per heavy atom. The van der Waals surface area contributed by atoms with Crippen molar-refractivity contribution in [1.29, 1.82) is 0 Å². The van der Waals surface area contributed by atoms with E-state index < -0.39 is 11.8 Å². The van der Waals surface area contributed by atoms with Crippen molar-refractivity contribution in [2.75, 3.05) is 30.4 Å². The average Bonchev–Trinajstić information content (AvgIpc) is 2.87. The number of rotatable bonds is 5. The summed E-state index contributed by atoms with van der Waals surface area (Å²) in [7, 11) is 1.60. The zero-order chi connectivity index (χ0) is 26.1. The third-order valence-electron chi connectivity index (χ3n) is 6.68. The Hall–Kier alpha value is -4.17. The zero-order valence-electron chi connectivity index (χ0n) is 21.0. The highest BCUT2D eigenvalue weighted by Crippen LogP contribution is 2.31. The van der Waals surface area contributed by atoms with Crippen LogP contribution in [-0.4, -0.2) is 44.1 Å². The molecule has 0 saturated carbocycles. The number of fused-ring (bicyclic) bond motifs is 1. The molecule has 1 saturated heterocycles. The molecule has 0 radical (unpaired) electrons. The number of benzene rings is 3. The maximum Gasteiger partial charge on any atom is 0.260 e. The van der Waals surface area contributed by atoms with Gasteiger partial charge in [-0.3, -0.25) is 14.9 Å². The fourth-order valence-corrected chi connectivity index (χ4v) is 4.96. The monoisotopic (exact) mass is 500 g/mol. The lowest BCUT2D eigenvalue weighted by molar-refractivity contribution is -0.114. The van der Waals surface area contributed by atoms with Gasteiger partial charge in [0.1, 0.15) is 11.6 Å². The summed E-state index contributed by atoms with van der Waals surface area (Å²) in [5, 5.41) is 8.87. The van der Waals surface area contributed by atoms with Crippen LogP contribution in [-0.2, 0) is 4.79 Å². The Morgan fingerprint density at radius 1 is 0.919 bits per heavy atom. The number of carbonyl (C=O) groups is 2.